The fourth-order valence-corrected chi connectivity index (χ4v) is 3.21. The van der Waals surface area contributed by atoms with Gasteiger partial charge in [-0.1, -0.05) is 0 Å². The van der Waals surface area contributed by atoms with Crippen molar-refractivity contribution in [3.8, 4) is 0 Å². The van der Waals surface area contributed by atoms with E-state index in [0.717, 1.165) is 5.69 Å². The molecule has 4 heteroatoms. The average Bonchev–Trinajstić information content (AvgIpc) is 2.08. The van der Waals surface area contributed by atoms with Crippen molar-refractivity contribution in [3.63, 3.8) is 0 Å². The molecule has 0 aromatic heterocycles. The van der Waals surface area contributed by atoms with E-state index in [9.17, 15) is 0 Å². The van der Waals surface area contributed by atoms with Gasteiger partial charge >= 0.3 is 109 Å². The van der Waals surface area contributed by atoms with Crippen molar-refractivity contribution in [2.45, 2.75) is 20.8 Å². The molecule has 0 saturated heterocycles. The van der Waals surface area contributed by atoms with Gasteiger partial charge in [0.25, 0.3) is 0 Å². The van der Waals surface area contributed by atoms with Gasteiger partial charge in [0.15, 0.2) is 0 Å². The van der Waals surface area contributed by atoms with E-state index in [1.54, 1.807) is 0 Å². The molecule has 0 fully saturated rings. The molecule has 0 heterocycles. The van der Waals surface area contributed by atoms with Crippen LogP contribution in [0.1, 0.15) is 20.8 Å². The van der Waals surface area contributed by atoms with E-state index in [2.05, 4.69) is 28.7 Å². The Kier molecular flexibility index (Phi) is 4.83. The summed E-state index contributed by atoms with van der Waals surface area (Å²) in [5.41, 5.74) is 0.961. The molecule has 0 amide bonds. The van der Waals surface area contributed by atoms with Gasteiger partial charge in [-0.3, -0.25) is 0 Å². The van der Waals surface area contributed by atoms with Crippen molar-refractivity contribution in [3.05, 3.63) is 28.2 Å². The molecule has 0 N–H and O–H groups in total. The molecule has 0 bridgehead atoms. The Hall–Kier alpha value is 0.158. The fraction of sp³-hybridized carbons (Fsp3) is 0.364. The second-order valence-corrected chi connectivity index (χ2v) is 6.61. The van der Waals surface area contributed by atoms with Gasteiger partial charge in [0.2, 0.25) is 0 Å². The molecule has 1 aromatic carbocycles. The molecule has 1 aromatic rings. The summed E-state index contributed by atoms with van der Waals surface area (Å²) < 4.78 is 6.76. The quantitative estimate of drug-likeness (QED) is 0.661. The number of nitrogens with zero attached hydrogens (tertiary/aromatic N) is 1. The Labute approximate surface area is 109 Å². The monoisotopic (exact) mass is 327 g/mol. The molecule has 15 heavy (non-hydrogen) atoms. The molecule has 0 spiro atoms. The van der Waals surface area contributed by atoms with Gasteiger partial charge in [-0.15, -0.1) is 0 Å². The number of rotatable bonds is 1. The number of hydrogen-bond acceptors (Lipinski definition) is 1. The maximum atomic E-state index is 6.01. The van der Waals surface area contributed by atoms with Crippen LogP contribution in [0, 0.1) is 5.41 Å². The summed E-state index contributed by atoms with van der Waals surface area (Å²) in [4.78, 5) is 0. The molecule has 1 nitrogen and oxygen atoms in total. The summed E-state index contributed by atoms with van der Waals surface area (Å²) in [5, 5.41) is 1.27. The zero-order valence-corrected chi connectivity index (χ0v) is 12.4. The summed E-state index contributed by atoms with van der Waals surface area (Å²) >= 11 is 11.5. The van der Waals surface area contributed by atoms with E-state index in [-0.39, 0.29) is 5.41 Å². The van der Waals surface area contributed by atoms with Gasteiger partial charge in [0.05, 0.1) is 0 Å². The predicted octanol–water partition coefficient (Wildman–Crippen LogP) is 4.74. The molecule has 82 valence electrons. The first-order valence-corrected chi connectivity index (χ1v) is 7.36. The third-order valence-electron chi connectivity index (χ3n) is 1.49. The van der Waals surface area contributed by atoms with Crippen LogP contribution >= 0.6 is 23.2 Å². The van der Waals surface area contributed by atoms with E-state index in [0.29, 0.717) is 10.0 Å². The van der Waals surface area contributed by atoms with Gasteiger partial charge in [0.1, 0.15) is 0 Å². The van der Waals surface area contributed by atoms with Gasteiger partial charge in [-0.25, -0.2) is 0 Å². The Balaban J connectivity index is 3.05. The maximum absolute atomic E-state index is 6.01. The zero-order valence-electron chi connectivity index (χ0n) is 8.92. The van der Waals surface area contributed by atoms with E-state index in [1.807, 2.05) is 18.2 Å². The molecule has 0 unspecified atom stereocenters. The average molecular weight is 326 g/mol. The molecule has 0 radical (unpaired) electrons. The number of benzene rings is 1. The van der Waals surface area contributed by atoms with Crippen LogP contribution in [0.3, 0.4) is 0 Å². The van der Waals surface area contributed by atoms with Crippen molar-refractivity contribution in [2.24, 2.45) is 8.91 Å². The molecular weight excluding hydrogens is 313 g/mol. The zero-order chi connectivity index (χ0) is 11.5. The van der Waals surface area contributed by atoms with Gasteiger partial charge < -0.3 is 0 Å². The van der Waals surface area contributed by atoms with E-state index in [4.69, 9.17) is 23.2 Å². The molecule has 1 rings (SSSR count). The minimum absolute atomic E-state index is 0.222. The van der Waals surface area contributed by atoms with Crippen LogP contribution < -0.4 is 0 Å². The van der Waals surface area contributed by atoms with Crippen LogP contribution in [0.25, 0.3) is 0 Å². The molecule has 0 aliphatic heterocycles. The van der Waals surface area contributed by atoms with Crippen molar-refractivity contribution >= 4 is 33.3 Å². The Morgan fingerprint density at radius 1 is 1.20 bits per heavy atom. The second kappa shape index (κ2) is 5.48. The van der Waals surface area contributed by atoms with Crippen molar-refractivity contribution in [1.82, 2.24) is 0 Å². The summed E-state index contributed by atoms with van der Waals surface area (Å²) in [6.07, 6.45) is 0. The summed E-state index contributed by atoms with van der Waals surface area (Å²) in [7, 11) is 0. The first-order chi connectivity index (χ1) is 6.90. The SMILES string of the molecule is CC(C)(C)[CH]=[Mo]=[N]c1c(Cl)cccc1Cl. The van der Waals surface area contributed by atoms with E-state index < -0.39 is 17.9 Å². The molecular formula is C11H13Cl2MoN. The van der Waals surface area contributed by atoms with Gasteiger partial charge in [0, 0.05) is 0 Å². The number of halogens is 2. The van der Waals surface area contributed by atoms with Crippen LogP contribution in [0.2, 0.25) is 10.0 Å². The Morgan fingerprint density at radius 3 is 2.20 bits per heavy atom. The standard InChI is InChI=1S/C6H3Cl2N.C5H10.Mo/c7-4-2-1-3-5(8)6(4)9;1-5(2,3)4;/h1-3H;1H,2-4H3;. The van der Waals surface area contributed by atoms with E-state index in [1.165, 1.54) is 0 Å². The van der Waals surface area contributed by atoms with Crippen molar-refractivity contribution in [2.75, 3.05) is 0 Å². The second-order valence-electron chi connectivity index (χ2n) is 4.25. The van der Waals surface area contributed by atoms with Gasteiger partial charge in [-0.2, -0.15) is 0 Å². The fourth-order valence-electron chi connectivity index (χ4n) is 0.813. The molecule has 0 atom stereocenters. The summed E-state index contributed by atoms with van der Waals surface area (Å²) in [5.74, 6) is 0. The van der Waals surface area contributed by atoms with Crippen LogP contribution in [0.4, 0.5) is 5.69 Å². The predicted molar refractivity (Wildman–Crippen MR) is 64.1 cm³/mol. The Morgan fingerprint density at radius 2 is 1.73 bits per heavy atom. The van der Waals surface area contributed by atoms with Gasteiger partial charge in [-0.05, 0) is 0 Å². The summed E-state index contributed by atoms with van der Waals surface area (Å²) in [6.45, 7) is 6.50. The van der Waals surface area contributed by atoms with Crippen LogP contribution in [-0.4, -0.2) is 4.40 Å². The van der Waals surface area contributed by atoms with Crippen molar-refractivity contribution in [1.29, 1.82) is 0 Å². The van der Waals surface area contributed by atoms with Crippen LogP contribution in [0.15, 0.2) is 21.7 Å². The van der Waals surface area contributed by atoms with Crippen LogP contribution in [-0.2, 0) is 17.9 Å². The molecule has 0 saturated carbocycles. The normalized spacial score (nSPS) is 11.0. The minimum atomic E-state index is -0.524. The van der Waals surface area contributed by atoms with E-state index >= 15 is 0 Å². The number of hydrogen-bond donors (Lipinski definition) is 0. The molecule has 0 aliphatic carbocycles. The molecule has 0 aliphatic rings. The van der Waals surface area contributed by atoms with Crippen LogP contribution in [0.5, 0.6) is 0 Å². The van der Waals surface area contributed by atoms with Crippen molar-refractivity contribution < 1.29 is 17.9 Å². The first kappa shape index (κ1) is 13.2. The third kappa shape index (κ3) is 4.68. The Bertz CT molecular complexity index is 395. The third-order valence-corrected chi connectivity index (χ3v) is 4.80. The first-order valence-electron chi connectivity index (χ1n) is 4.55. The summed E-state index contributed by atoms with van der Waals surface area (Å²) in [6, 6.07) is 5.46. The topological polar surface area (TPSA) is 12.4 Å².